The first kappa shape index (κ1) is 10.9. The lowest BCUT2D eigenvalue weighted by Crippen LogP contribution is -2.09. The minimum atomic E-state index is -1.82. The Morgan fingerprint density at radius 3 is 1.42 bits per heavy atom. The first-order chi connectivity index (χ1) is 5.54. The molecule has 0 aromatic heterocycles. The Morgan fingerprint density at radius 1 is 1.00 bits per heavy atom. The predicted octanol–water partition coefficient (Wildman–Crippen LogP) is 0.0769. The summed E-state index contributed by atoms with van der Waals surface area (Å²) in [4.78, 5) is 18.2. The average Bonchev–Trinajstić information content (AvgIpc) is 2.40. The lowest BCUT2D eigenvalue weighted by molar-refractivity contribution is -0.159. The van der Waals surface area contributed by atoms with Gasteiger partial charge in [-0.25, -0.2) is 9.59 Å². The molecule has 0 aromatic rings. The van der Waals surface area contributed by atoms with E-state index in [4.69, 9.17) is 24.9 Å². The van der Waals surface area contributed by atoms with Crippen molar-refractivity contribution >= 4 is 11.9 Å². The molecule has 1 fully saturated rings. The predicted molar refractivity (Wildman–Crippen MR) is 39.7 cm³/mol. The van der Waals surface area contributed by atoms with Crippen molar-refractivity contribution in [3.8, 4) is 0 Å². The second-order valence-electron chi connectivity index (χ2n) is 2.55. The minimum Gasteiger partial charge on any atom is -0.473 e. The third kappa shape index (κ3) is 5.67. The zero-order valence-corrected chi connectivity index (χ0v) is 6.56. The summed E-state index contributed by atoms with van der Waals surface area (Å²) in [6.07, 6.45) is 4.60. The maximum Gasteiger partial charge on any atom is 0.414 e. The van der Waals surface area contributed by atoms with Gasteiger partial charge in [0.25, 0.3) is 0 Å². The molecule has 70 valence electrons. The van der Waals surface area contributed by atoms with Crippen LogP contribution in [0.3, 0.4) is 0 Å². The SMILES string of the molecule is O=C(O)C(=O)O.OC1CCCC1. The highest BCUT2D eigenvalue weighted by molar-refractivity contribution is 6.27. The molecule has 1 aliphatic rings. The van der Waals surface area contributed by atoms with E-state index >= 15 is 0 Å². The summed E-state index contributed by atoms with van der Waals surface area (Å²) in [7, 11) is 0. The van der Waals surface area contributed by atoms with E-state index < -0.39 is 11.9 Å². The molecule has 0 atom stereocenters. The van der Waals surface area contributed by atoms with E-state index in [-0.39, 0.29) is 6.10 Å². The smallest absolute Gasteiger partial charge is 0.414 e. The zero-order chi connectivity index (χ0) is 9.56. The van der Waals surface area contributed by atoms with Gasteiger partial charge in [-0.05, 0) is 12.8 Å². The van der Waals surface area contributed by atoms with Gasteiger partial charge in [0.05, 0.1) is 6.10 Å². The highest BCUT2D eigenvalue weighted by atomic mass is 16.4. The molecule has 1 rings (SSSR count). The van der Waals surface area contributed by atoms with Gasteiger partial charge in [0.15, 0.2) is 0 Å². The Hall–Kier alpha value is -1.10. The van der Waals surface area contributed by atoms with Crippen LogP contribution in [-0.2, 0) is 9.59 Å². The Kier molecular flexibility index (Phi) is 5.03. The summed E-state index contributed by atoms with van der Waals surface area (Å²) in [5.74, 6) is -3.65. The van der Waals surface area contributed by atoms with Gasteiger partial charge in [0.1, 0.15) is 0 Å². The molecule has 1 aliphatic carbocycles. The van der Waals surface area contributed by atoms with E-state index in [0.717, 1.165) is 12.8 Å². The third-order valence-corrected chi connectivity index (χ3v) is 1.51. The molecule has 1 saturated carbocycles. The number of carbonyl (C=O) groups is 2. The number of carboxylic acid groups (broad SMARTS) is 2. The first-order valence-electron chi connectivity index (χ1n) is 3.68. The third-order valence-electron chi connectivity index (χ3n) is 1.51. The molecule has 0 amide bonds. The van der Waals surface area contributed by atoms with Crippen LogP contribution in [0.15, 0.2) is 0 Å². The molecular formula is C7H12O5. The summed E-state index contributed by atoms with van der Waals surface area (Å²) in [5, 5.41) is 23.5. The van der Waals surface area contributed by atoms with Crippen LogP contribution in [0.4, 0.5) is 0 Å². The largest absolute Gasteiger partial charge is 0.473 e. The molecule has 12 heavy (non-hydrogen) atoms. The van der Waals surface area contributed by atoms with E-state index in [1.54, 1.807) is 0 Å². The zero-order valence-electron chi connectivity index (χ0n) is 6.56. The van der Waals surface area contributed by atoms with E-state index in [2.05, 4.69) is 0 Å². The summed E-state index contributed by atoms with van der Waals surface area (Å²) >= 11 is 0. The van der Waals surface area contributed by atoms with Gasteiger partial charge in [-0.1, -0.05) is 12.8 Å². The van der Waals surface area contributed by atoms with Crippen LogP contribution in [0.1, 0.15) is 25.7 Å². The summed E-state index contributed by atoms with van der Waals surface area (Å²) in [6.45, 7) is 0. The number of rotatable bonds is 0. The number of carboxylic acids is 2. The lowest BCUT2D eigenvalue weighted by Gasteiger charge is -1.91. The molecular weight excluding hydrogens is 164 g/mol. The van der Waals surface area contributed by atoms with Gasteiger partial charge in [-0.15, -0.1) is 0 Å². The van der Waals surface area contributed by atoms with Gasteiger partial charge in [0.2, 0.25) is 0 Å². The van der Waals surface area contributed by atoms with Crippen molar-refractivity contribution in [1.29, 1.82) is 0 Å². The fourth-order valence-electron chi connectivity index (χ4n) is 0.904. The van der Waals surface area contributed by atoms with Crippen LogP contribution in [0.25, 0.3) is 0 Å². The van der Waals surface area contributed by atoms with Crippen molar-refractivity contribution in [3.05, 3.63) is 0 Å². The van der Waals surface area contributed by atoms with Crippen LogP contribution in [0.5, 0.6) is 0 Å². The van der Waals surface area contributed by atoms with Crippen molar-refractivity contribution in [2.45, 2.75) is 31.8 Å². The first-order valence-corrected chi connectivity index (χ1v) is 3.68. The Bertz CT molecular complexity index is 147. The van der Waals surface area contributed by atoms with Gasteiger partial charge in [-0.3, -0.25) is 0 Å². The number of hydrogen-bond acceptors (Lipinski definition) is 3. The number of aliphatic hydroxyl groups excluding tert-OH is 1. The van der Waals surface area contributed by atoms with Crippen LogP contribution >= 0.6 is 0 Å². The number of aliphatic carboxylic acids is 2. The summed E-state index contributed by atoms with van der Waals surface area (Å²) in [6, 6.07) is 0. The van der Waals surface area contributed by atoms with Crippen LogP contribution < -0.4 is 0 Å². The number of aliphatic hydroxyl groups is 1. The Balaban J connectivity index is 0.000000202. The Morgan fingerprint density at radius 2 is 1.33 bits per heavy atom. The summed E-state index contributed by atoms with van der Waals surface area (Å²) < 4.78 is 0. The van der Waals surface area contributed by atoms with E-state index in [1.165, 1.54) is 12.8 Å². The summed E-state index contributed by atoms with van der Waals surface area (Å²) in [5.41, 5.74) is 0. The molecule has 0 radical (unpaired) electrons. The van der Waals surface area contributed by atoms with Gasteiger partial charge in [-0.2, -0.15) is 0 Å². The quantitative estimate of drug-likeness (QED) is 0.454. The monoisotopic (exact) mass is 176 g/mol. The van der Waals surface area contributed by atoms with Crippen molar-refractivity contribution in [2.75, 3.05) is 0 Å². The molecule has 0 bridgehead atoms. The van der Waals surface area contributed by atoms with Gasteiger partial charge >= 0.3 is 11.9 Å². The van der Waals surface area contributed by atoms with Crippen LogP contribution in [0.2, 0.25) is 0 Å². The second-order valence-corrected chi connectivity index (χ2v) is 2.55. The fourth-order valence-corrected chi connectivity index (χ4v) is 0.904. The van der Waals surface area contributed by atoms with Crippen molar-refractivity contribution in [3.63, 3.8) is 0 Å². The van der Waals surface area contributed by atoms with E-state index in [1.807, 2.05) is 0 Å². The molecule has 0 saturated heterocycles. The van der Waals surface area contributed by atoms with E-state index in [0.29, 0.717) is 0 Å². The van der Waals surface area contributed by atoms with Crippen LogP contribution in [0, 0.1) is 0 Å². The van der Waals surface area contributed by atoms with E-state index in [9.17, 15) is 0 Å². The highest BCUT2D eigenvalue weighted by Crippen LogP contribution is 2.16. The maximum absolute atomic E-state index is 9.10. The molecule has 5 nitrogen and oxygen atoms in total. The highest BCUT2D eigenvalue weighted by Gasteiger charge is 2.09. The molecule has 3 N–H and O–H groups in total. The maximum atomic E-state index is 9.10. The normalized spacial score (nSPS) is 16.4. The van der Waals surface area contributed by atoms with Crippen molar-refractivity contribution < 1.29 is 24.9 Å². The molecule has 0 aromatic carbocycles. The average molecular weight is 176 g/mol. The van der Waals surface area contributed by atoms with Crippen LogP contribution in [-0.4, -0.2) is 33.4 Å². The minimum absolute atomic E-state index is 0.0463. The molecule has 0 unspecified atom stereocenters. The standard InChI is InChI=1S/C5H10O.C2H2O4/c6-5-3-1-2-4-5;3-1(4)2(5)6/h5-6H,1-4H2;(H,3,4)(H,5,6). The van der Waals surface area contributed by atoms with Crippen molar-refractivity contribution in [2.24, 2.45) is 0 Å². The van der Waals surface area contributed by atoms with Gasteiger partial charge in [0, 0.05) is 0 Å². The second kappa shape index (κ2) is 5.54. The lowest BCUT2D eigenvalue weighted by atomic mass is 10.3. The fraction of sp³-hybridized carbons (Fsp3) is 0.714. The Labute approximate surface area is 69.6 Å². The number of hydrogen-bond donors (Lipinski definition) is 3. The molecule has 0 spiro atoms. The molecule has 0 aliphatic heterocycles. The van der Waals surface area contributed by atoms with Crippen molar-refractivity contribution in [1.82, 2.24) is 0 Å². The molecule has 5 heteroatoms. The van der Waals surface area contributed by atoms with Gasteiger partial charge < -0.3 is 15.3 Å². The molecule has 0 heterocycles. The topological polar surface area (TPSA) is 94.8 Å².